The maximum atomic E-state index is 11.1. The first kappa shape index (κ1) is 10.6. The lowest BCUT2D eigenvalue weighted by atomic mass is 10.2. The lowest BCUT2D eigenvalue weighted by Crippen LogP contribution is -1.96. The number of nitrogens with zero attached hydrogens (tertiary/aromatic N) is 1. The molecule has 1 aromatic rings. The quantitative estimate of drug-likeness (QED) is 0.551. The molecule has 0 heterocycles. The Morgan fingerprint density at radius 3 is 2.29 bits per heavy atom. The van der Waals surface area contributed by atoms with Crippen molar-refractivity contribution >= 4 is 15.9 Å². The van der Waals surface area contributed by atoms with Crippen LogP contribution in [0.1, 0.15) is 5.56 Å². The Labute approximate surface area is 82.2 Å². The van der Waals surface area contributed by atoms with E-state index in [1.807, 2.05) is 0 Å². The van der Waals surface area contributed by atoms with E-state index in [-0.39, 0.29) is 11.4 Å². The Morgan fingerprint density at radius 1 is 1.29 bits per heavy atom. The molecule has 0 atom stereocenters. The maximum absolute atomic E-state index is 11.1. The molecule has 4 nitrogen and oxygen atoms in total. The molecular weight excluding hydrogens is 202 g/mol. The van der Waals surface area contributed by atoms with E-state index < -0.39 is 9.84 Å². The molecule has 0 radical (unpaired) electrons. The second-order valence-electron chi connectivity index (χ2n) is 2.82. The van der Waals surface area contributed by atoms with Crippen molar-refractivity contribution in [2.75, 3.05) is 6.26 Å². The van der Waals surface area contributed by atoms with E-state index in [4.69, 9.17) is 0 Å². The summed E-state index contributed by atoms with van der Waals surface area (Å²) in [6.07, 6.45) is 2.56. The van der Waals surface area contributed by atoms with Gasteiger partial charge in [-0.25, -0.2) is 18.2 Å². The van der Waals surface area contributed by atoms with Gasteiger partial charge in [-0.2, -0.15) is 0 Å². The molecular formula is C9H9NO3S. The first-order valence-electron chi connectivity index (χ1n) is 3.86. The summed E-state index contributed by atoms with van der Waals surface area (Å²) in [6, 6.07) is 6.23. The fourth-order valence-electron chi connectivity index (χ4n) is 0.966. The Balaban J connectivity index is 2.95. The van der Waals surface area contributed by atoms with Crippen molar-refractivity contribution < 1.29 is 13.2 Å². The maximum Gasteiger partial charge on any atom is 0.235 e. The molecule has 0 saturated carbocycles. The summed E-state index contributed by atoms with van der Waals surface area (Å²) >= 11 is 0. The van der Waals surface area contributed by atoms with E-state index in [1.165, 1.54) is 18.2 Å². The van der Waals surface area contributed by atoms with Crippen molar-refractivity contribution in [1.82, 2.24) is 0 Å². The van der Waals surface area contributed by atoms with Crippen LogP contribution in [0.5, 0.6) is 0 Å². The molecule has 1 rings (SSSR count). The van der Waals surface area contributed by atoms with Crippen LogP contribution >= 0.6 is 0 Å². The number of sulfone groups is 1. The number of hydrogen-bond acceptors (Lipinski definition) is 4. The molecule has 0 bridgehead atoms. The smallest absolute Gasteiger partial charge is 0.224 e. The summed E-state index contributed by atoms with van der Waals surface area (Å²) in [5.74, 6) is 0. The van der Waals surface area contributed by atoms with Crippen LogP contribution in [0.4, 0.5) is 0 Å². The number of aliphatic imine (C=N–C) groups is 1. The lowest BCUT2D eigenvalue weighted by molar-refractivity contribution is 0.562. The molecule has 0 fully saturated rings. The Hall–Kier alpha value is -1.45. The standard InChI is InChI=1S/C9H9NO3S/c1-14(12,13)9-4-2-8(3-5-9)6-10-7-11/h2-5H,6H2,1H3. The number of rotatable bonds is 3. The third kappa shape index (κ3) is 2.80. The van der Waals surface area contributed by atoms with E-state index in [2.05, 4.69) is 4.99 Å². The molecule has 0 spiro atoms. The van der Waals surface area contributed by atoms with E-state index in [1.54, 1.807) is 12.1 Å². The van der Waals surface area contributed by atoms with Crippen LogP contribution in [-0.2, 0) is 21.2 Å². The van der Waals surface area contributed by atoms with E-state index in [0.29, 0.717) is 0 Å². The van der Waals surface area contributed by atoms with Gasteiger partial charge in [0.15, 0.2) is 9.84 Å². The van der Waals surface area contributed by atoms with Gasteiger partial charge < -0.3 is 0 Å². The minimum absolute atomic E-state index is 0.230. The van der Waals surface area contributed by atoms with Gasteiger partial charge in [0.1, 0.15) is 0 Å². The minimum atomic E-state index is -3.15. The zero-order valence-corrected chi connectivity index (χ0v) is 8.41. The number of hydrogen-bond donors (Lipinski definition) is 0. The van der Waals surface area contributed by atoms with Gasteiger partial charge in [-0.15, -0.1) is 0 Å². The first-order valence-corrected chi connectivity index (χ1v) is 5.76. The van der Waals surface area contributed by atoms with Gasteiger partial charge in [0.05, 0.1) is 11.4 Å². The van der Waals surface area contributed by atoms with Crippen LogP contribution in [0.2, 0.25) is 0 Å². The van der Waals surface area contributed by atoms with E-state index in [0.717, 1.165) is 11.8 Å². The van der Waals surface area contributed by atoms with Gasteiger partial charge in [0.2, 0.25) is 6.08 Å². The molecule has 0 N–H and O–H groups in total. The van der Waals surface area contributed by atoms with E-state index >= 15 is 0 Å². The lowest BCUT2D eigenvalue weighted by Gasteiger charge is -1.98. The first-order chi connectivity index (χ1) is 6.54. The minimum Gasteiger partial charge on any atom is -0.224 e. The van der Waals surface area contributed by atoms with Crippen LogP contribution in [0.3, 0.4) is 0 Å². The van der Waals surface area contributed by atoms with Crippen LogP contribution < -0.4 is 0 Å². The van der Waals surface area contributed by atoms with E-state index in [9.17, 15) is 13.2 Å². The Kier molecular flexibility index (Phi) is 3.17. The predicted octanol–water partition coefficient (Wildman–Crippen LogP) is 0.926. The second-order valence-corrected chi connectivity index (χ2v) is 4.84. The summed E-state index contributed by atoms with van der Waals surface area (Å²) in [7, 11) is -3.15. The highest BCUT2D eigenvalue weighted by molar-refractivity contribution is 7.90. The van der Waals surface area contributed by atoms with Crippen LogP contribution in [0, 0.1) is 0 Å². The molecule has 0 unspecified atom stereocenters. The highest BCUT2D eigenvalue weighted by Crippen LogP contribution is 2.10. The average Bonchev–Trinajstić information content (AvgIpc) is 2.14. The Morgan fingerprint density at radius 2 is 1.86 bits per heavy atom. The predicted molar refractivity (Wildman–Crippen MR) is 51.4 cm³/mol. The summed E-state index contributed by atoms with van der Waals surface area (Å²) < 4.78 is 22.1. The highest BCUT2D eigenvalue weighted by atomic mass is 32.2. The number of benzene rings is 1. The zero-order valence-electron chi connectivity index (χ0n) is 7.60. The van der Waals surface area contributed by atoms with Crippen molar-refractivity contribution in [1.29, 1.82) is 0 Å². The summed E-state index contributed by atoms with van der Waals surface area (Å²) in [4.78, 5) is 13.5. The highest BCUT2D eigenvalue weighted by Gasteiger charge is 2.05. The van der Waals surface area contributed by atoms with Crippen molar-refractivity contribution in [2.24, 2.45) is 4.99 Å². The van der Waals surface area contributed by atoms with Crippen LogP contribution in [0.25, 0.3) is 0 Å². The van der Waals surface area contributed by atoms with Gasteiger partial charge in [-0.05, 0) is 17.7 Å². The van der Waals surface area contributed by atoms with Gasteiger partial charge >= 0.3 is 0 Å². The fraction of sp³-hybridized carbons (Fsp3) is 0.222. The number of isocyanates is 1. The van der Waals surface area contributed by atoms with Crippen molar-refractivity contribution in [2.45, 2.75) is 11.4 Å². The molecule has 0 aliphatic heterocycles. The van der Waals surface area contributed by atoms with Gasteiger partial charge in [0, 0.05) is 6.26 Å². The topological polar surface area (TPSA) is 63.6 Å². The molecule has 14 heavy (non-hydrogen) atoms. The number of carbonyl (C=O) groups excluding carboxylic acids is 1. The van der Waals surface area contributed by atoms with Crippen LogP contribution in [-0.4, -0.2) is 20.8 Å². The third-order valence-electron chi connectivity index (χ3n) is 1.68. The average molecular weight is 211 g/mol. The molecule has 5 heteroatoms. The molecule has 74 valence electrons. The van der Waals surface area contributed by atoms with Gasteiger partial charge in [-0.3, -0.25) is 0 Å². The fourth-order valence-corrected chi connectivity index (χ4v) is 1.60. The van der Waals surface area contributed by atoms with Crippen molar-refractivity contribution in [3.8, 4) is 0 Å². The third-order valence-corrected chi connectivity index (χ3v) is 2.81. The summed E-state index contributed by atoms with van der Waals surface area (Å²) in [5, 5.41) is 0. The normalized spacial score (nSPS) is 10.6. The van der Waals surface area contributed by atoms with Gasteiger partial charge in [0.25, 0.3) is 0 Å². The Bertz CT molecular complexity index is 455. The molecule has 1 aromatic carbocycles. The van der Waals surface area contributed by atoms with Gasteiger partial charge in [-0.1, -0.05) is 12.1 Å². The molecule has 0 saturated heterocycles. The van der Waals surface area contributed by atoms with Crippen LogP contribution in [0.15, 0.2) is 34.2 Å². The molecule has 0 aliphatic rings. The molecule has 0 amide bonds. The largest absolute Gasteiger partial charge is 0.235 e. The zero-order chi connectivity index (χ0) is 10.6. The SMILES string of the molecule is CS(=O)(=O)c1ccc(CN=C=O)cc1. The molecule has 0 aliphatic carbocycles. The van der Waals surface area contributed by atoms with Crippen molar-refractivity contribution in [3.63, 3.8) is 0 Å². The summed E-state index contributed by atoms with van der Waals surface area (Å²) in [5.41, 5.74) is 0.778. The summed E-state index contributed by atoms with van der Waals surface area (Å²) in [6.45, 7) is 0.230. The monoisotopic (exact) mass is 211 g/mol. The molecule has 0 aromatic heterocycles. The van der Waals surface area contributed by atoms with Crippen molar-refractivity contribution in [3.05, 3.63) is 29.8 Å². The second kappa shape index (κ2) is 4.17.